The Labute approximate surface area is 120 Å². The predicted molar refractivity (Wildman–Crippen MR) is 72.4 cm³/mol. The highest BCUT2D eigenvalue weighted by Crippen LogP contribution is 2.21. The smallest absolute Gasteiger partial charge is 0.337 e. The van der Waals surface area contributed by atoms with Gasteiger partial charge < -0.3 is 15.3 Å². The summed E-state index contributed by atoms with van der Waals surface area (Å²) >= 11 is 0. The molecular formula is C14H16F2N2O3. The van der Waals surface area contributed by atoms with Gasteiger partial charge in [0.2, 0.25) is 0 Å². The number of hydrogen-bond donors (Lipinski definition) is 2. The molecule has 0 saturated carbocycles. The summed E-state index contributed by atoms with van der Waals surface area (Å²) < 4.78 is 26.4. The van der Waals surface area contributed by atoms with Crippen molar-refractivity contribution < 1.29 is 23.5 Å². The Kier molecular flexibility index (Phi) is 4.72. The lowest BCUT2D eigenvalue weighted by molar-refractivity contribution is 0.0697. The van der Waals surface area contributed by atoms with Crippen LogP contribution in [0.4, 0.5) is 19.3 Å². The van der Waals surface area contributed by atoms with Crippen LogP contribution in [0.1, 0.15) is 36.0 Å². The van der Waals surface area contributed by atoms with Crippen molar-refractivity contribution in [2.75, 3.05) is 18.4 Å². The number of carbonyl (C=O) groups is 2. The van der Waals surface area contributed by atoms with Gasteiger partial charge in [-0.25, -0.2) is 18.4 Å². The van der Waals surface area contributed by atoms with E-state index in [1.807, 2.05) is 0 Å². The molecule has 0 unspecified atom stereocenters. The SMILES string of the molecule is O=C(O)c1cc(F)c(F)cc1NC(=O)N1CCCCCC1. The summed E-state index contributed by atoms with van der Waals surface area (Å²) in [5, 5.41) is 11.4. The van der Waals surface area contributed by atoms with Gasteiger partial charge in [0.05, 0.1) is 11.3 Å². The van der Waals surface area contributed by atoms with Crippen LogP contribution in [0.15, 0.2) is 12.1 Å². The number of carboxylic acids is 1. The topological polar surface area (TPSA) is 69.6 Å². The van der Waals surface area contributed by atoms with Gasteiger partial charge in [-0.15, -0.1) is 0 Å². The third kappa shape index (κ3) is 3.68. The van der Waals surface area contributed by atoms with Crippen LogP contribution >= 0.6 is 0 Å². The molecule has 0 aliphatic carbocycles. The molecule has 1 saturated heterocycles. The van der Waals surface area contributed by atoms with E-state index in [1.165, 1.54) is 0 Å². The third-order valence-corrected chi connectivity index (χ3v) is 3.43. The normalized spacial score (nSPS) is 15.4. The first-order valence-corrected chi connectivity index (χ1v) is 6.77. The fourth-order valence-corrected chi connectivity index (χ4v) is 2.30. The number of nitrogens with one attached hydrogen (secondary N) is 1. The number of hydrogen-bond acceptors (Lipinski definition) is 2. The van der Waals surface area contributed by atoms with Crippen molar-refractivity contribution in [2.24, 2.45) is 0 Å². The Morgan fingerprint density at radius 2 is 1.62 bits per heavy atom. The molecule has 1 aromatic rings. The number of aromatic carboxylic acids is 1. The zero-order valence-corrected chi connectivity index (χ0v) is 11.4. The number of carbonyl (C=O) groups excluding carboxylic acids is 1. The zero-order chi connectivity index (χ0) is 15.4. The maximum atomic E-state index is 13.2. The van der Waals surface area contributed by atoms with Gasteiger partial charge >= 0.3 is 12.0 Å². The molecule has 2 amide bonds. The van der Waals surface area contributed by atoms with E-state index in [0.29, 0.717) is 25.2 Å². The average Bonchev–Trinajstić information content (AvgIpc) is 2.71. The van der Waals surface area contributed by atoms with E-state index < -0.39 is 29.2 Å². The zero-order valence-electron chi connectivity index (χ0n) is 11.4. The minimum absolute atomic E-state index is 0.240. The molecule has 0 spiro atoms. The van der Waals surface area contributed by atoms with Crippen molar-refractivity contribution >= 4 is 17.7 Å². The molecule has 21 heavy (non-hydrogen) atoms. The second-order valence-corrected chi connectivity index (χ2v) is 4.95. The van der Waals surface area contributed by atoms with Crippen LogP contribution in [0.25, 0.3) is 0 Å². The van der Waals surface area contributed by atoms with E-state index in [1.54, 1.807) is 4.90 Å². The maximum Gasteiger partial charge on any atom is 0.337 e. The molecule has 0 aromatic heterocycles. The van der Waals surface area contributed by atoms with Crippen LogP contribution in [0.3, 0.4) is 0 Å². The molecule has 5 nitrogen and oxygen atoms in total. The van der Waals surface area contributed by atoms with E-state index in [-0.39, 0.29) is 5.69 Å². The number of halogens is 2. The number of likely N-dealkylation sites (tertiary alicyclic amines) is 1. The quantitative estimate of drug-likeness (QED) is 0.881. The van der Waals surface area contributed by atoms with Crippen molar-refractivity contribution in [2.45, 2.75) is 25.7 Å². The van der Waals surface area contributed by atoms with Crippen LogP contribution in [0.5, 0.6) is 0 Å². The molecule has 7 heteroatoms. The van der Waals surface area contributed by atoms with Crippen molar-refractivity contribution in [1.82, 2.24) is 4.90 Å². The number of rotatable bonds is 2. The van der Waals surface area contributed by atoms with Crippen LogP contribution in [-0.4, -0.2) is 35.1 Å². The predicted octanol–water partition coefficient (Wildman–Crippen LogP) is 3.07. The highest BCUT2D eigenvalue weighted by molar-refractivity contribution is 6.00. The van der Waals surface area contributed by atoms with Gasteiger partial charge in [0.25, 0.3) is 0 Å². The van der Waals surface area contributed by atoms with Crippen LogP contribution in [-0.2, 0) is 0 Å². The molecule has 1 aliphatic heterocycles. The number of urea groups is 1. The monoisotopic (exact) mass is 298 g/mol. The van der Waals surface area contributed by atoms with Gasteiger partial charge in [0, 0.05) is 19.2 Å². The average molecular weight is 298 g/mol. The van der Waals surface area contributed by atoms with Gasteiger partial charge in [0.1, 0.15) is 0 Å². The molecule has 2 rings (SSSR count). The summed E-state index contributed by atoms with van der Waals surface area (Å²) in [5.74, 6) is -3.90. The first-order chi connectivity index (χ1) is 9.99. The molecule has 0 atom stereocenters. The number of benzene rings is 1. The van der Waals surface area contributed by atoms with Gasteiger partial charge in [-0.3, -0.25) is 0 Å². The fourth-order valence-electron chi connectivity index (χ4n) is 2.30. The Morgan fingerprint density at radius 3 is 2.19 bits per heavy atom. The first-order valence-electron chi connectivity index (χ1n) is 6.77. The molecule has 1 aliphatic rings. The summed E-state index contributed by atoms with van der Waals surface area (Å²) in [6.07, 6.45) is 3.82. The van der Waals surface area contributed by atoms with Gasteiger partial charge in [-0.1, -0.05) is 12.8 Å². The summed E-state index contributed by atoms with van der Waals surface area (Å²) in [6, 6.07) is 0.759. The Balaban J connectivity index is 2.19. The van der Waals surface area contributed by atoms with Gasteiger partial charge in [-0.2, -0.15) is 0 Å². The van der Waals surface area contributed by atoms with Gasteiger partial charge in [0.15, 0.2) is 11.6 Å². The number of amides is 2. The lowest BCUT2D eigenvalue weighted by Crippen LogP contribution is -2.36. The third-order valence-electron chi connectivity index (χ3n) is 3.43. The van der Waals surface area contributed by atoms with Crippen molar-refractivity contribution in [1.29, 1.82) is 0 Å². The van der Waals surface area contributed by atoms with Gasteiger partial charge in [-0.05, 0) is 18.9 Å². The van der Waals surface area contributed by atoms with Crippen LogP contribution in [0.2, 0.25) is 0 Å². The molecule has 1 aromatic carbocycles. The first kappa shape index (κ1) is 15.2. The number of carboxylic acid groups (broad SMARTS) is 1. The van der Waals surface area contributed by atoms with E-state index in [2.05, 4.69) is 5.32 Å². The summed E-state index contributed by atoms with van der Waals surface area (Å²) in [6.45, 7) is 1.13. The van der Waals surface area contributed by atoms with Crippen LogP contribution in [0, 0.1) is 11.6 Å². The van der Waals surface area contributed by atoms with Crippen molar-refractivity contribution in [3.8, 4) is 0 Å². The lowest BCUT2D eigenvalue weighted by Gasteiger charge is -2.21. The van der Waals surface area contributed by atoms with E-state index >= 15 is 0 Å². The second kappa shape index (κ2) is 6.51. The molecule has 2 N–H and O–H groups in total. The minimum atomic E-state index is -1.43. The Morgan fingerprint density at radius 1 is 1.05 bits per heavy atom. The Bertz CT molecular complexity index is 555. The molecule has 0 bridgehead atoms. The summed E-state index contributed by atoms with van der Waals surface area (Å²) in [4.78, 5) is 24.7. The highest BCUT2D eigenvalue weighted by atomic mass is 19.2. The van der Waals surface area contributed by atoms with Crippen molar-refractivity contribution in [3.05, 3.63) is 29.3 Å². The minimum Gasteiger partial charge on any atom is -0.478 e. The molecule has 1 fully saturated rings. The van der Waals surface area contributed by atoms with E-state index in [4.69, 9.17) is 5.11 Å². The number of nitrogens with zero attached hydrogens (tertiary/aromatic N) is 1. The standard InChI is InChI=1S/C14H16F2N2O3/c15-10-7-9(13(19)20)12(8-11(10)16)17-14(21)18-5-3-1-2-4-6-18/h7-8H,1-6H2,(H,17,21)(H,19,20). The largest absolute Gasteiger partial charge is 0.478 e. The molecular weight excluding hydrogens is 282 g/mol. The maximum absolute atomic E-state index is 13.2. The molecule has 0 radical (unpaired) electrons. The van der Waals surface area contributed by atoms with E-state index in [9.17, 15) is 18.4 Å². The van der Waals surface area contributed by atoms with E-state index in [0.717, 1.165) is 25.7 Å². The summed E-state index contributed by atoms with van der Waals surface area (Å²) in [7, 11) is 0. The number of anilines is 1. The molecule has 1 heterocycles. The lowest BCUT2D eigenvalue weighted by atomic mass is 10.1. The second-order valence-electron chi connectivity index (χ2n) is 4.95. The van der Waals surface area contributed by atoms with Crippen LogP contribution < -0.4 is 5.32 Å². The highest BCUT2D eigenvalue weighted by Gasteiger charge is 2.20. The Hall–Kier alpha value is -2.18. The summed E-state index contributed by atoms with van der Waals surface area (Å²) in [5.41, 5.74) is -0.715. The fraction of sp³-hybridized carbons (Fsp3) is 0.429. The van der Waals surface area contributed by atoms with Crippen molar-refractivity contribution in [3.63, 3.8) is 0 Å². The molecule has 114 valence electrons.